The third-order valence-corrected chi connectivity index (χ3v) is 4.08. The van der Waals surface area contributed by atoms with Gasteiger partial charge < -0.3 is 9.84 Å². The van der Waals surface area contributed by atoms with Crippen molar-refractivity contribution in [3.05, 3.63) is 60.7 Å². The van der Waals surface area contributed by atoms with E-state index in [9.17, 15) is 4.79 Å². The minimum Gasteiger partial charge on any atom is -0.487 e. The van der Waals surface area contributed by atoms with E-state index in [2.05, 4.69) is 45.2 Å². The van der Waals surface area contributed by atoms with Crippen molar-refractivity contribution >= 4 is 51.2 Å². The van der Waals surface area contributed by atoms with Crippen molar-refractivity contribution in [1.29, 1.82) is 0 Å². The molecule has 0 spiro atoms. The fraction of sp³-hybridized carbons (Fsp3) is 0.235. The van der Waals surface area contributed by atoms with E-state index in [1.807, 2.05) is 56.3 Å². The van der Waals surface area contributed by atoms with Gasteiger partial charge in [0, 0.05) is 9.13 Å². The highest BCUT2D eigenvalue weighted by molar-refractivity contribution is 14.1. The number of benzene rings is 2. The Kier molecular flexibility index (Phi) is 8.77. The molecule has 3 nitrogen and oxygen atoms in total. The van der Waals surface area contributed by atoms with Crippen LogP contribution in [-0.4, -0.2) is 11.1 Å². The lowest BCUT2D eigenvalue weighted by atomic mass is 10.1. The Morgan fingerprint density at radius 2 is 1.77 bits per heavy atom. The lowest BCUT2D eigenvalue weighted by Gasteiger charge is -2.13. The first-order valence-corrected chi connectivity index (χ1v) is 9.08. The van der Waals surface area contributed by atoms with Gasteiger partial charge in [0.25, 0.3) is 0 Å². The van der Waals surface area contributed by atoms with E-state index >= 15 is 0 Å². The molecule has 0 radical (unpaired) electrons. The molecule has 0 atom stereocenters. The molecule has 0 aliphatic carbocycles. The molecule has 0 saturated heterocycles. The Bertz CT molecular complexity index is 613. The molecule has 118 valence electrons. The lowest BCUT2D eigenvalue weighted by Crippen LogP contribution is -2.06. The molecule has 1 N–H and O–H groups in total. The second-order valence-corrected chi connectivity index (χ2v) is 6.63. The molecule has 0 heterocycles. The summed E-state index contributed by atoms with van der Waals surface area (Å²) in [7, 11) is 0. The number of hydrogen-bond acceptors (Lipinski definition) is 2. The molecule has 0 amide bonds. The van der Waals surface area contributed by atoms with Crippen molar-refractivity contribution in [2.24, 2.45) is 0 Å². The van der Waals surface area contributed by atoms with Gasteiger partial charge in [-0.3, -0.25) is 4.79 Å². The molecule has 0 aliphatic heterocycles. The number of carboxylic acids is 1. The van der Waals surface area contributed by atoms with Crippen LogP contribution in [0.1, 0.15) is 25.0 Å². The average molecular weight is 524 g/mol. The van der Waals surface area contributed by atoms with Crippen LogP contribution in [0.5, 0.6) is 5.75 Å². The molecule has 0 aliphatic rings. The molecule has 0 aromatic heterocycles. The minimum atomic E-state index is -0.854. The van der Waals surface area contributed by atoms with Gasteiger partial charge >= 0.3 is 5.97 Å². The molecule has 22 heavy (non-hydrogen) atoms. The van der Waals surface area contributed by atoms with Crippen molar-refractivity contribution in [2.45, 2.75) is 26.9 Å². The Balaban J connectivity index is 0.00000116. The van der Waals surface area contributed by atoms with Gasteiger partial charge in [-0.1, -0.05) is 44.2 Å². The Labute approximate surface area is 158 Å². The van der Waals surface area contributed by atoms with Crippen molar-refractivity contribution in [1.82, 2.24) is 0 Å². The van der Waals surface area contributed by atoms with Crippen LogP contribution in [-0.2, 0) is 17.8 Å². The number of aliphatic carboxylic acids is 1. The number of carbonyl (C=O) groups is 1. The largest absolute Gasteiger partial charge is 0.487 e. The third kappa shape index (κ3) is 6.12. The summed E-state index contributed by atoms with van der Waals surface area (Å²) in [5.41, 5.74) is 1.77. The highest BCUT2D eigenvalue weighted by Crippen LogP contribution is 2.29. The molecule has 0 bridgehead atoms. The molecule has 2 aromatic carbocycles. The van der Waals surface area contributed by atoms with Gasteiger partial charge in [0.05, 0.1) is 9.99 Å². The SMILES string of the molecule is CC.O=C(O)Cc1cc(I)cc(I)c1OCc1ccccc1. The number of halogens is 2. The Morgan fingerprint density at radius 3 is 2.36 bits per heavy atom. The summed E-state index contributed by atoms with van der Waals surface area (Å²) >= 11 is 4.36. The van der Waals surface area contributed by atoms with Gasteiger partial charge in [-0.15, -0.1) is 0 Å². The molecule has 0 saturated carbocycles. The second kappa shape index (κ2) is 10.0. The van der Waals surface area contributed by atoms with Crippen LogP contribution in [0, 0.1) is 7.14 Å². The predicted octanol–water partition coefficient (Wildman–Crippen LogP) is 5.13. The number of carboxylic acid groups (broad SMARTS) is 1. The Morgan fingerprint density at radius 1 is 1.14 bits per heavy atom. The molecule has 2 aromatic rings. The van der Waals surface area contributed by atoms with Crippen molar-refractivity contribution < 1.29 is 14.6 Å². The zero-order chi connectivity index (χ0) is 16.5. The lowest BCUT2D eigenvalue weighted by molar-refractivity contribution is -0.136. The summed E-state index contributed by atoms with van der Waals surface area (Å²) < 4.78 is 7.78. The summed E-state index contributed by atoms with van der Waals surface area (Å²) in [4.78, 5) is 11.0. The minimum absolute atomic E-state index is 0.0308. The van der Waals surface area contributed by atoms with E-state index in [-0.39, 0.29) is 6.42 Å². The van der Waals surface area contributed by atoms with Crippen LogP contribution in [0.15, 0.2) is 42.5 Å². The van der Waals surface area contributed by atoms with Crippen molar-refractivity contribution in [2.75, 3.05) is 0 Å². The quantitative estimate of drug-likeness (QED) is 0.553. The first-order valence-electron chi connectivity index (χ1n) is 6.92. The third-order valence-electron chi connectivity index (χ3n) is 2.65. The molecule has 0 unspecified atom stereocenters. The fourth-order valence-corrected chi connectivity index (χ4v) is 3.92. The van der Waals surface area contributed by atoms with Gasteiger partial charge in [-0.25, -0.2) is 0 Å². The van der Waals surface area contributed by atoms with Crippen LogP contribution in [0.4, 0.5) is 0 Å². The summed E-state index contributed by atoms with van der Waals surface area (Å²) in [5, 5.41) is 9.00. The average Bonchev–Trinajstić information content (AvgIpc) is 2.49. The van der Waals surface area contributed by atoms with Crippen LogP contribution in [0.25, 0.3) is 0 Å². The van der Waals surface area contributed by atoms with E-state index < -0.39 is 5.97 Å². The van der Waals surface area contributed by atoms with E-state index in [0.717, 1.165) is 12.7 Å². The second-order valence-electron chi connectivity index (χ2n) is 4.22. The predicted molar refractivity (Wildman–Crippen MR) is 105 cm³/mol. The van der Waals surface area contributed by atoms with Crippen LogP contribution in [0.2, 0.25) is 0 Å². The van der Waals surface area contributed by atoms with Gasteiger partial charge in [-0.05, 0) is 62.9 Å². The highest BCUT2D eigenvalue weighted by atomic mass is 127. The molecule has 2 rings (SSSR count). The maximum Gasteiger partial charge on any atom is 0.307 e. The van der Waals surface area contributed by atoms with Gasteiger partial charge in [-0.2, -0.15) is 0 Å². The smallest absolute Gasteiger partial charge is 0.307 e. The molecular weight excluding hydrogens is 506 g/mol. The van der Waals surface area contributed by atoms with Gasteiger partial charge in [0.1, 0.15) is 12.4 Å². The van der Waals surface area contributed by atoms with E-state index in [0.29, 0.717) is 17.9 Å². The summed E-state index contributed by atoms with van der Waals surface area (Å²) in [6.45, 7) is 4.43. The van der Waals surface area contributed by atoms with E-state index in [4.69, 9.17) is 9.84 Å². The maximum atomic E-state index is 11.0. The van der Waals surface area contributed by atoms with Crippen molar-refractivity contribution in [3.8, 4) is 5.75 Å². The first-order chi connectivity index (χ1) is 10.6. The summed E-state index contributed by atoms with van der Waals surface area (Å²) in [5.74, 6) is -0.190. The number of rotatable bonds is 5. The monoisotopic (exact) mass is 524 g/mol. The van der Waals surface area contributed by atoms with Crippen molar-refractivity contribution in [3.63, 3.8) is 0 Å². The van der Waals surface area contributed by atoms with Crippen LogP contribution in [0.3, 0.4) is 0 Å². The van der Waals surface area contributed by atoms with Gasteiger partial charge in [0.2, 0.25) is 0 Å². The number of ether oxygens (including phenoxy) is 1. The zero-order valence-corrected chi connectivity index (χ0v) is 16.8. The first kappa shape index (κ1) is 19.2. The number of hydrogen-bond donors (Lipinski definition) is 1. The van der Waals surface area contributed by atoms with Gasteiger partial charge in [0.15, 0.2) is 0 Å². The highest BCUT2D eigenvalue weighted by Gasteiger charge is 2.13. The maximum absolute atomic E-state index is 11.0. The van der Waals surface area contributed by atoms with E-state index in [1.54, 1.807) is 0 Å². The van der Waals surface area contributed by atoms with Crippen LogP contribution < -0.4 is 4.74 Å². The molecular formula is C17H18I2O3. The topological polar surface area (TPSA) is 46.5 Å². The molecule has 0 fully saturated rings. The van der Waals surface area contributed by atoms with Crippen LogP contribution >= 0.6 is 45.2 Å². The summed E-state index contributed by atoms with van der Waals surface area (Å²) in [6.07, 6.45) is -0.0308. The zero-order valence-electron chi connectivity index (χ0n) is 12.5. The normalized spacial score (nSPS) is 9.64. The standard InChI is InChI=1S/C15H12I2O3.C2H6/c16-12-6-11(7-14(18)19)15(13(17)8-12)20-9-10-4-2-1-3-5-10;1-2/h1-6,8H,7,9H2,(H,18,19);1-2H3. The van der Waals surface area contributed by atoms with E-state index in [1.165, 1.54) is 0 Å². The molecule has 5 heteroatoms. The fourth-order valence-electron chi connectivity index (χ4n) is 1.80. The summed E-state index contributed by atoms with van der Waals surface area (Å²) in [6, 6.07) is 13.7. The Hall–Kier alpha value is -0.830.